The molecule has 0 fully saturated rings. The van der Waals surface area contributed by atoms with Crippen molar-refractivity contribution in [1.29, 1.82) is 5.26 Å². The van der Waals surface area contributed by atoms with E-state index in [4.69, 9.17) is 14.7 Å². The Labute approximate surface area is 79.8 Å². The molecule has 0 heterocycles. The lowest BCUT2D eigenvalue weighted by molar-refractivity contribution is -0.0998. The summed E-state index contributed by atoms with van der Waals surface area (Å²) in [7, 11) is 3.20. The summed E-state index contributed by atoms with van der Waals surface area (Å²) in [6.07, 6.45) is 1.23. The van der Waals surface area contributed by atoms with Gasteiger partial charge in [-0.05, 0) is 6.42 Å². The maximum atomic E-state index is 8.49. The number of nitrogens with one attached hydrogen (secondary N) is 1. The first kappa shape index (κ1) is 12.4. The molecule has 0 aliphatic carbocycles. The van der Waals surface area contributed by atoms with Gasteiger partial charge in [0, 0.05) is 26.8 Å². The van der Waals surface area contributed by atoms with Crippen LogP contribution in [0.4, 0.5) is 0 Å². The van der Waals surface area contributed by atoms with Gasteiger partial charge >= 0.3 is 0 Å². The molecule has 4 nitrogen and oxygen atoms in total. The Bertz CT molecular complexity index is 152. The van der Waals surface area contributed by atoms with Gasteiger partial charge in [0.2, 0.25) is 0 Å². The zero-order chi connectivity index (χ0) is 10.1. The second-order valence-corrected chi connectivity index (χ2v) is 2.78. The van der Waals surface area contributed by atoms with Gasteiger partial charge < -0.3 is 14.8 Å². The van der Waals surface area contributed by atoms with Gasteiger partial charge in [0.25, 0.3) is 0 Å². The summed E-state index contributed by atoms with van der Waals surface area (Å²) in [5.41, 5.74) is 0. The molecule has 0 aromatic rings. The van der Waals surface area contributed by atoms with Crippen LogP contribution in [0.15, 0.2) is 0 Å². The van der Waals surface area contributed by atoms with Crippen molar-refractivity contribution in [3.8, 4) is 6.07 Å². The number of hydrogen-bond acceptors (Lipinski definition) is 4. The van der Waals surface area contributed by atoms with E-state index >= 15 is 0 Å². The fourth-order valence-electron chi connectivity index (χ4n) is 0.997. The molecule has 0 aliphatic heterocycles. The summed E-state index contributed by atoms with van der Waals surface area (Å²) in [4.78, 5) is 0. The van der Waals surface area contributed by atoms with Gasteiger partial charge in [-0.25, -0.2) is 0 Å². The number of methoxy groups -OCH3 is 2. The van der Waals surface area contributed by atoms with E-state index in [0.29, 0.717) is 13.0 Å². The molecule has 1 atom stereocenters. The Morgan fingerprint density at radius 3 is 2.38 bits per heavy atom. The lowest BCUT2D eigenvalue weighted by Gasteiger charge is -2.18. The van der Waals surface area contributed by atoms with Crippen LogP contribution in [0.1, 0.15) is 19.8 Å². The quantitative estimate of drug-likeness (QED) is 0.600. The van der Waals surface area contributed by atoms with Gasteiger partial charge in [0.05, 0.1) is 12.5 Å². The van der Waals surface area contributed by atoms with Gasteiger partial charge in [0.15, 0.2) is 6.29 Å². The van der Waals surface area contributed by atoms with Gasteiger partial charge in [-0.15, -0.1) is 0 Å². The average Bonchev–Trinajstić information content (AvgIpc) is 2.17. The first-order valence-corrected chi connectivity index (χ1v) is 4.44. The Hall–Kier alpha value is -0.630. The first-order valence-electron chi connectivity index (χ1n) is 4.44. The number of ether oxygens (including phenoxy) is 2. The van der Waals surface area contributed by atoms with Crippen LogP contribution in [0.5, 0.6) is 0 Å². The van der Waals surface area contributed by atoms with E-state index < -0.39 is 0 Å². The van der Waals surface area contributed by atoms with Crippen molar-refractivity contribution < 1.29 is 9.47 Å². The van der Waals surface area contributed by atoms with Crippen LogP contribution >= 0.6 is 0 Å². The third-order valence-corrected chi connectivity index (χ3v) is 1.93. The molecule has 0 radical (unpaired) electrons. The van der Waals surface area contributed by atoms with E-state index in [1.807, 2.05) is 6.92 Å². The molecule has 0 amide bonds. The van der Waals surface area contributed by atoms with Crippen LogP contribution in [0.25, 0.3) is 0 Å². The van der Waals surface area contributed by atoms with E-state index in [-0.39, 0.29) is 12.3 Å². The van der Waals surface area contributed by atoms with Crippen molar-refractivity contribution >= 4 is 0 Å². The standard InChI is InChI=1S/C9H18N2O2/c1-4-8(5-6-10)11-7-9(12-2)13-3/h8-9,11H,4-5,7H2,1-3H3. The van der Waals surface area contributed by atoms with Gasteiger partial charge in [0.1, 0.15) is 0 Å². The van der Waals surface area contributed by atoms with Crippen LogP contribution in [0.2, 0.25) is 0 Å². The normalized spacial score (nSPS) is 12.8. The number of hydrogen-bond donors (Lipinski definition) is 1. The number of nitrogens with zero attached hydrogens (tertiary/aromatic N) is 1. The maximum Gasteiger partial charge on any atom is 0.169 e. The van der Waals surface area contributed by atoms with Crippen molar-refractivity contribution in [1.82, 2.24) is 5.32 Å². The van der Waals surface area contributed by atoms with Crippen LogP contribution < -0.4 is 5.32 Å². The number of nitriles is 1. The summed E-state index contributed by atoms with van der Waals surface area (Å²) in [6.45, 7) is 2.66. The van der Waals surface area contributed by atoms with Gasteiger partial charge in [-0.1, -0.05) is 6.92 Å². The highest BCUT2D eigenvalue weighted by Gasteiger charge is 2.09. The van der Waals surface area contributed by atoms with Crippen molar-refractivity contribution in [2.45, 2.75) is 32.1 Å². The predicted molar refractivity (Wildman–Crippen MR) is 50.1 cm³/mol. The lowest BCUT2D eigenvalue weighted by atomic mass is 10.2. The van der Waals surface area contributed by atoms with Crippen LogP contribution in [-0.4, -0.2) is 33.1 Å². The lowest BCUT2D eigenvalue weighted by Crippen LogP contribution is -2.36. The molecule has 0 saturated carbocycles. The third kappa shape index (κ3) is 5.58. The topological polar surface area (TPSA) is 54.3 Å². The monoisotopic (exact) mass is 186 g/mol. The van der Waals surface area contributed by atoms with E-state index in [0.717, 1.165) is 6.42 Å². The smallest absolute Gasteiger partial charge is 0.169 e. The van der Waals surface area contributed by atoms with E-state index in [1.54, 1.807) is 14.2 Å². The summed E-state index contributed by atoms with van der Waals surface area (Å²) in [5, 5.41) is 11.7. The number of rotatable bonds is 7. The Morgan fingerprint density at radius 1 is 1.38 bits per heavy atom. The fourth-order valence-corrected chi connectivity index (χ4v) is 0.997. The molecule has 76 valence electrons. The van der Waals surface area contributed by atoms with Crippen molar-refractivity contribution in [3.05, 3.63) is 0 Å². The Morgan fingerprint density at radius 2 is 2.00 bits per heavy atom. The largest absolute Gasteiger partial charge is 0.355 e. The van der Waals surface area contributed by atoms with Gasteiger partial charge in [-0.2, -0.15) is 5.26 Å². The highest BCUT2D eigenvalue weighted by Crippen LogP contribution is 1.97. The zero-order valence-corrected chi connectivity index (χ0v) is 8.54. The highest BCUT2D eigenvalue weighted by molar-refractivity contribution is 4.79. The second kappa shape index (κ2) is 7.99. The van der Waals surface area contributed by atoms with Crippen LogP contribution in [0, 0.1) is 11.3 Å². The molecular weight excluding hydrogens is 168 g/mol. The Kier molecular flexibility index (Phi) is 7.60. The van der Waals surface area contributed by atoms with E-state index in [9.17, 15) is 0 Å². The fraction of sp³-hybridized carbons (Fsp3) is 0.889. The molecule has 0 bridgehead atoms. The minimum Gasteiger partial charge on any atom is -0.355 e. The van der Waals surface area contributed by atoms with Crippen molar-refractivity contribution in [2.24, 2.45) is 0 Å². The molecule has 13 heavy (non-hydrogen) atoms. The predicted octanol–water partition coefficient (Wildman–Crippen LogP) is 0.887. The molecule has 4 heteroatoms. The minimum absolute atomic E-state index is 0.229. The molecule has 1 unspecified atom stereocenters. The van der Waals surface area contributed by atoms with Crippen LogP contribution in [0.3, 0.4) is 0 Å². The molecular formula is C9H18N2O2. The highest BCUT2D eigenvalue weighted by atomic mass is 16.7. The van der Waals surface area contributed by atoms with E-state index in [2.05, 4.69) is 11.4 Å². The first-order chi connectivity index (χ1) is 6.28. The Balaban J connectivity index is 3.64. The van der Waals surface area contributed by atoms with Crippen LogP contribution in [-0.2, 0) is 9.47 Å². The molecule has 0 saturated heterocycles. The third-order valence-electron chi connectivity index (χ3n) is 1.93. The SMILES string of the molecule is CCC(CC#N)NCC(OC)OC. The van der Waals surface area contributed by atoms with Crippen molar-refractivity contribution in [3.63, 3.8) is 0 Å². The summed E-state index contributed by atoms with van der Waals surface area (Å²) < 4.78 is 10.0. The second-order valence-electron chi connectivity index (χ2n) is 2.78. The summed E-state index contributed by atoms with van der Waals surface area (Å²) in [5.74, 6) is 0. The molecule has 1 N–H and O–H groups in total. The maximum absolute atomic E-state index is 8.49. The summed E-state index contributed by atoms with van der Waals surface area (Å²) in [6, 6.07) is 2.37. The molecule has 0 aromatic heterocycles. The van der Waals surface area contributed by atoms with E-state index in [1.165, 1.54) is 0 Å². The average molecular weight is 186 g/mol. The zero-order valence-electron chi connectivity index (χ0n) is 8.54. The van der Waals surface area contributed by atoms with Gasteiger partial charge in [-0.3, -0.25) is 0 Å². The summed E-state index contributed by atoms with van der Waals surface area (Å²) >= 11 is 0. The molecule has 0 spiro atoms. The molecule has 0 rings (SSSR count). The minimum atomic E-state index is -0.229. The molecule has 0 aliphatic rings. The van der Waals surface area contributed by atoms with Crippen molar-refractivity contribution in [2.75, 3.05) is 20.8 Å². The molecule has 0 aromatic carbocycles.